The van der Waals surface area contributed by atoms with Crippen LogP contribution in [0.25, 0.3) is 11.5 Å². The standard InChI is InChI=1S/C22H21N5O6/c1-23-22(30)17-12-27(15-7-2-3-8-16(15)32-17)19(28)13-31-20(29)10-9-18-25-21(26-33-18)14-6-4-5-11-24-14/h2-8,11,17H,9-10,12-13H2,1H3,(H,23,30). The minimum Gasteiger partial charge on any atom is -0.477 e. The Kier molecular flexibility index (Phi) is 6.58. The molecular formula is C22H21N5O6. The Labute approximate surface area is 188 Å². The first-order chi connectivity index (χ1) is 16.0. The highest BCUT2D eigenvalue weighted by atomic mass is 16.5. The number of rotatable bonds is 7. The van der Waals surface area contributed by atoms with Crippen LogP contribution in [0.1, 0.15) is 12.3 Å². The molecule has 33 heavy (non-hydrogen) atoms. The molecule has 3 heterocycles. The van der Waals surface area contributed by atoms with E-state index >= 15 is 0 Å². The van der Waals surface area contributed by atoms with Crippen molar-refractivity contribution in [2.24, 2.45) is 0 Å². The summed E-state index contributed by atoms with van der Waals surface area (Å²) in [4.78, 5) is 46.7. The highest BCUT2D eigenvalue weighted by Gasteiger charge is 2.33. The molecule has 0 saturated carbocycles. The van der Waals surface area contributed by atoms with E-state index in [4.69, 9.17) is 14.0 Å². The number of pyridine rings is 1. The Balaban J connectivity index is 1.31. The zero-order valence-electron chi connectivity index (χ0n) is 17.8. The highest BCUT2D eigenvalue weighted by molar-refractivity contribution is 5.98. The molecule has 0 spiro atoms. The highest BCUT2D eigenvalue weighted by Crippen LogP contribution is 2.33. The van der Waals surface area contributed by atoms with Gasteiger partial charge >= 0.3 is 5.97 Å². The van der Waals surface area contributed by atoms with Crippen molar-refractivity contribution >= 4 is 23.5 Å². The molecule has 1 N–H and O–H groups in total. The summed E-state index contributed by atoms with van der Waals surface area (Å²) in [6, 6.07) is 12.2. The normalized spacial score (nSPS) is 14.7. The molecule has 1 aromatic carbocycles. The van der Waals surface area contributed by atoms with Crippen LogP contribution in [0, 0.1) is 0 Å². The van der Waals surface area contributed by atoms with E-state index in [9.17, 15) is 14.4 Å². The van der Waals surface area contributed by atoms with Gasteiger partial charge in [-0.2, -0.15) is 4.98 Å². The van der Waals surface area contributed by atoms with E-state index < -0.39 is 24.6 Å². The van der Waals surface area contributed by atoms with Crippen LogP contribution in [-0.4, -0.2) is 59.2 Å². The van der Waals surface area contributed by atoms with Crippen LogP contribution in [0.2, 0.25) is 0 Å². The average Bonchev–Trinajstić information content (AvgIpc) is 3.34. The molecule has 3 aromatic rings. The van der Waals surface area contributed by atoms with Crippen molar-refractivity contribution < 1.29 is 28.4 Å². The fourth-order valence-corrected chi connectivity index (χ4v) is 3.22. The molecule has 1 unspecified atom stereocenters. The molecule has 11 nitrogen and oxygen atoms in total. The lowest BCUT2D eigenvalue weighted by atomic mass is 10.1. The Morgan fingerprint density at radius 1 is 1.18 bits per heavy atom. The number of aryl methyl sites for hydroxylation is 1. The minimum atomic E-state index is -0.865. The van der Waals surface area contributed by atoms with Gasteiger partial charge in [-0.25, -0.2) is 0 Å². The van der Waals surface area contributed by atoms with E-state index in [1.807, 2.05) is 0 Å². The molecule has 0 saturated heterocycles. The maximum absolute atomic E-state index is 12.8. The number of nitrogens with one attached hydrogen (secondary N) is 1. The van der Waals surface area contributed by atoms with E-state index in [0.717, 1.165) is 0 Å². The number of fused-ring (bicyclic) bond motifs is 1. The monoisotopic (exact) mass is 451 g/mol. The van der Waals surface area contributed by atoms with Gasteiger partial charge in [-0.05, 0) is 24.3 Å². The van der Waals surface area contributed by atoms with Gasteiger partial charge in [-0.15, -0.1) is 0 Å². The van der Waals surface area contributed by atoms with E-state index in [1.165, 1.54) is 11.9 Å². The van der Waals surface area contributed by atoms with Gasteiger partial charge in [0.2, 0.25) is 11.7 Å². The minimum absolute atomic E-state index is 0.00531. The first-order valence-electron chi connectivity index (χ1n) is 10.2. The number of benzene rings is 1. The number of hydrogen-bond acceptors (Lipinski definition) is 9. The van der Waals surface area contributed by atoms with Gasteiger partial charge in [-0.3, -0.25) is 19.4 Å². The lowest BCUT2D eigenvalue weighted by Crippen LogP contribution is -2.51. The third-order valence-electron chi connectivity index (χ3n) is 4.88. The molecule has 0 aliphatic carbocycles. The number of carbonyl (C=O) groups is 3. The number of esters is 1. The van der Waals surface area contributed by atoms with Crippen molar-refractivity contribution in [2.75, 3.05) is 25.1 Å². The number of carbonyl (C=O) groups excluding carboxylic acids is 3. The van der Waals surface area contributed by atoms with Crippen molar-refractivity contribution in [1.29, 1.82) is 0 Å². The van der Waals surface area contributed by atoms with Crippen LogP contribution >= 0.6 is 0 Å². The summed E-state index contributed by atoms with van der Waals surface area (Å²) in [7, 11) is 1.49. The molecule has 2 amide bonds. The number of amides is 2. The molecule has 2 aromatic heterocycles. The molecular weight excluding hydrogens is 430 g/mol. The predicted octanol–water partition coefficient (Wildman–Crippen LogP) is 1.15. The topological polar surface area (TPSA) is 137 Å². The number of likely N-dealkylation sites (N-methyl/N-ethyl adjacent to an activating group) is 1. The molecule has 0 bridgehead atoms. The summed E-state index contributed by atoms with van der Waals surface area (Å²) in [5.74, 6) is -0.435. The molecule has 0 radical (unpaired) electrons. The third kappa shape index (κ3) is 5.14. The SMILES string of the molecule is CNC(=O)C1CN(C(=O)COC(=O)CCc2nc(-c3ccccn3)no2)c2ccccc2O1. The lowest BCUT2D eigenvalue weighted by Gasteiger charge is -2.33. The fraction of sp³-hybridized carbons (Fsp3) is 0.273. The quantitative estimate of drug-likeness (QED) is 0.524. The van der Waals surface area contributed by atoms with Gasteiger partial charge < -0.3 is 24.2 Å². The summed E-state index contributed by atoms with van der Waals surface area (Å²) in [5, 5.41) is 6.35. The van der Waals surface area contributed by atoms with Gasteiger partial charge in [0, 0.05) is 19.7 Å². The van der Waals surface area contributed by atoms with Gasteiger partial charge in [0.15, 0.2) is 12.7 Å². The number of para-hydroxylation sites is 2. The van der Waals surface area contributed by atoms with Gasteiger partial charge in [0.1, 0.15) is 11.4 Å². The molecule has 170 valence electrons. The largest absolute Gasteiger partial charge is 0.477 e. The predicted molar refractivity (Wildman–Crippen MR) is 114 cm³/mol. The van der Waals surface area contributed by atoms with Crippen molar-refractivity contribution in [3.63, 3.8) is 0 Å². The van der Waals surface area contributed by atoms with Crippen molar-refractivity contribution in [3.8, 4) is 17.3 Å². The Morgan fingerprint density at radius 3 is 2.79 bits per heavy atom. The molecule has 1 aliphatic heterocycles. The fourth-order valence-electron chi connectivity index (χ4n) is 3.22. The van der Waals surface area contributed by atoms with Crippen molar-refractivity contribution in [3.05, 3.63) is 54.6 Å². The summed E-state index contributed by atoms with van der Waals surface area (Å²) >= 11 is 0. The summed E-state index contributed by atoms with van der Waals surface area (Å²) in [6.45, 7) is -0.470. The number of aromatic nitrogens is 3. The van der Waals surface area contributed by atoms with Crippen LogP contribution in [0.3, 0.4) is 0 Å². The van der Waals surface area contributed by atoms with Crippen LogP contribution in [-0.2, 0) is 25.5 Å². The second-order valence-electron chi connectivity index (χ2n) is 7.08. The number of anilines is 1. The third-order valence-corrected chi connectivity index (χ3v) is 4.88. The van der Waals surface area contributed by atoms with Crippen LogP contribution in [0.5, 0.6) is 5.75 Å². The van der Waals surface area contributed by atoms with E-state index in [-0.39, 0.29) is 31.2 Å². The maximum atomic E-state index is 12.8. The van der Waals surface area contributed by atoms with Gasteiger partial charge in [0.05, 0.1) is 18.7 Å². The smallest absolute Gasteiger partial charge is 0.306 e. The zero-order chi connectivity index (χ0) is 23.2. The molecule has 4 rings (SSSR count). The summed E-state index contributed by atoms with van der Waals surface area (Å²) in [5.41, 5.74) is 1.06. The molecule has 1 aliphatic rings. The first kappa shape index (κ1) is 21.9. The van der Waals surface area contributed by atoms with Gasteiger partial charge in [-0.1, -0.05) is 23.4 Å². The van der Waals surface area contributed by atoms with Crippen LogP contribution in [0.4, 0.5) is 5.69 Å². The Hall–Kier alpha value is -4.28. The number of ether oxygens (including phenoxy) is 2. The van der Waals surface area contributed by atoms with E-state index in [0.29, 0.717) is 23.0 Å². The van der Waals surface area contributed by atoms with E-state index in [2.05, 4.69) is 20.4 Å². The Bertz CT molecular complexity index is 1150. The average molecular weight is 451 g/mol. The molecule has 1 atom stereocenters. The van der Waals surface area contributed by atoms with Crippen LogP contribution in [0.15, 0.2) is 53.2 Å². The lowest BCUT2D eigenvalue weighted by molar-refractivity contribution is -0.148. The summed E-state index contributed by atoms with van der Waals surface area (Å²) < 4.78 is 15.9. The first-order valence-corrected chi connectivity index (χ1v) is 10.2. The zero-order valence-corrected chi connectivity index (χ0v) is 17.8. The van der Waals surface area contributed by atoms with Crippen molar-refractivity contribution in [2.45, 2.75) is 18.9 Å². The maximum Gasteiger partial charge on any atom is 0.306 e. The molecule has 11 heteroatoms. The summed E-state index contributed by atoms with van der Waals surface area (Å²) in [6.07, 6.45) is 0.864. The second-order valence-corrected chi connectivity index (χ2v) is 7.08. The van der Waals surface area contributed by atoms with Crippen molar-refractivity contribution in [1.82, 2.24) is 20.4 Å². The van der Waals surface area contributed by atoms with Crippen LogP contribution < -0.4 is 15.0 Å². The second kappa shape index (κ2) is 9.90. The number of hydrogen-bond donors (Lipinski definition) is 1. The van der Waals surface area contributed by atoms with Gasteiger partial charge in [0.25, 0.3) is 11.8 Å². The number of nitrogens with zero attached hydrogens (tertiary/aromatic N) is 4. The Morgan fingerprint density at radius 2 is 2.00 bits per heavy atom. The van der Waals surface area contributed by atoms with E-state index in [1.54, 1.807) is 48.7 Å². The molecule has 0 fully saturated rings.